The number of hydrogen-bond donors (Lipinski definition) is 0. The fourth-order valence-electron chi connectivity index (χ4n) is 0.520. The van der Waals surface area contributed by atoms with Crippen LogP contribution in [0.2, 0.25) is 0 Å². The molecular weight excluding hydrogens is 122 g/mol. The predicted molar refractivity (Wildman–Crippen MR) is 32.7 cm³/mol. The minimum atomic E-state index is -0.810. The smallest absolute Gasteiger partial charge is 0.315 e. The van der Waals surface area contributed by atoms with Gasteiger partial charge >= 0.3 is 6.23 Å². The van der Waals surface area contributed by atoms with Gasteiger partial charge in [0, 0.05) is 6.42 Å². The van der Waals surface area contributed by atoms with E-state index < -0.39 is 11.2 Å². The summed E-state index contributed by atoms with van der Waals surface area (Å²) in [6, 6.07) is 0. The Bertz CT molecular complexity index is 94.2. The van der Waals surface area contributed by atoms with E-state index >= 15 is 0 Å². The Kier molecular flexibility index (Phi) is 3.96. The van der Waals surface area contributed by atoms with Crippen LogP contribution in [-0.4, -0.2) is 17.8 Å². The van der Waals surface area contributed by atoms with Gasteiger partial charge in [0.25, 0.3) is 0 Å². The summed E-state index contributed by atoms with van der Waals surface area (Å²) < 4.78 is 4.75. The van der Waals surface area contributed by atoms with E-state index in [4.69, 9.17) is 4.74 Å². The monoisotopic (exact) mass is 133 g/mol. The maximum atomic E-state index is 10.0. The highest BCUT2D eigenvalue weighted by molar-refractivity contribution is 4.34. The molecule has 0 radical (unpaired) electrons. The molecule has 0 aromatic carbocycles. The Morgan fingerprint density at radius 1 is 1.67 bits per heavy atom. The van der Waals surface area contributed by atoms with Crippen LogP contribution >= 0.6 is 0 Å². The van der Waals surface area contributed by atoms with Gasteiger partial charge in [0.2, 0.25) is 0 Å². The molecule has 0 aliphatic rings. The molecule has 0 spiro atoms. The molecule has 0 amide bonds. The van der Waals surface area contributed by atoms with Gasteiger partial charge in [0.1, 0.15) is 0 Å². The zero-order valence-electron chi connectivity index (χ0n) is 5.66. The summed E-state index contributed by atoms with van der Waals surface area (Å²) in [7, 11) is 0. The maximum absolute atomic E-state index is 10.0. The Hall–Kier alpha value is -0.640. The van der Waals surface area contributed by atoms with E-state index in [1.165, 1.54) is 0 Å². The van der Waals surface area contributed by atoms with E-state index in [9.17, 15) is 10.1 Å². The van der Waals surface area contributed by atoms with Gasteiger partial charge in [0.05, 0.1) is 11.5 Å². The van der Waals surface area contributed by atoms with Gasteiger partial charge in [-0.1, -0.05) is 6.92 Å². The third kappa shape index (κ3) is 3.03. The first-order chi connectivity index (χ1) is 4.22. The molecule has 0 heterocycles. The van der Waals surface area contributed by atoms with Crippen molar-refractivity contribution < 1.29 is 9.66 Å². The first-order valence-electron chi connectivity index (χ1n) is 2.97. The molecule has 0 aromatic heterocycles. The van der Waals surface area contributed by atoms with E-state index in [1.807, 2.05) is 0 Å². The highest BCUT2D eigenvalue weighted by atomic mass is 16.7. The molecular formula is C5H11NO3. The first-order valence-corrected chi connectivity index (χ1v) is 2.97. The van der Waals surface area contributed by atoms with E-state index in [0.29, 0.717) is 13.0 Å². The average molecular weight is 133 g/mol. The van der Waals surface area contributed by atoms with Crippen LogP contribution in [0.15, 0.2) is 0 Å². The van der Waals surface area contributed by atoms with E-state index in [0.717, 1.165) is 0 Å². The van der Waals surface area contributed by atoms with Gasteiger partial charge in [-0.25, -0.2) is 0 Å². The second-order valence-corrected chi connectivity index (χ2v) is 1.60. The lowest BCUT2D eigenvalue weighted by atomic mass is 10.4. The standard InChI is InChI=1S/C5H11NO3/c1-3-5(6(7)8)9-4-2/h5H,3-4H2,1-2H3. The van der Waals surface area contributed by atoms with Crippen molar-refractivity contribution in [3.8, 4) is 0 Å². The minimum absolute atomic E-state index is 0.402. The number of hydrogen-bond acceptors (Lipinski definition) is 3. The van der Waals surface area contributed by atoms with Crippen molar-refractivity contribution >= 4 is 0 Å². The fourth-order valence-corrected chi connectivity index (χ4v) is 0.520. The second kappa shape index (κ2) is 4.26. The van der Waals surface area contributed by atoms with Crippen LogP contribution in [0, 0.1) is 10.1 Å². The highest BCUT2D eigenvalue weighted by Crippen LogP contribution is 1.96. The first kappa shape index (κ1) is 8.36. The van der Waals surface area contributed by atoms with E-state index in [-0.39, 0.29) is 0 Å². The second-order valence-electron chi connectivity index (χ2n) is 1.60. The predicted octanol–water partition coefficient (Wildman–Crippen LogP) is 1.04. The molecule has 9 heavy (non-hydrogen) atoms. The van der Waals surface area contributed by atoms with Crippen molar-refractivity contribution in [3.05, 3.63) is 10.1 Å². The minimum Gasteiger partial charge on any atom is -0.317 e. The number of nitro groups is 1. The molecule has 1 atom stereocenters. The molecule has 0 aliphatic carbocycles. The fraction of sp³-hybridized carbons (Fsp3) is 1.00. The van der Waals surface area contributed by atoms with Crippen LogP contribution in [0.4, 0.5) is 0 Å². The molecule has 0 saturated heterocycles. The number of nitrogens with zero attached hydrogens (tertiary/aromatic N) is 1. The molecule has 0 aromatic rings. The summed E-state index contributed by atoms with van der Waals surface area (Å²) in [6.07, 6.45) is -0.379. The molecule has 0 fully saturated rings. The van der Waals surface area contributed by atoms with Crippen LogP contribution in [0.5, 0.6) is 0 Å². The van der Waals surface area contributed by atoms with Gasteiger partial charge in [0.15, 0.2) is 0 Å². The van der Waals surface area contributed by atoms with Crippen molar-refractivity contribution in [1.82, 2.24) is 0 Å². The third-order valence-electron chi connectivity index (χ3n) is 0.943. The topological polar surface area (TPSA) is 52.4 Å². The van der Waals surface area contributed by atoms with Crippen LogP contribution < -0.4 is 0 Å². The summed E-state index contributed by atoms with van der Waals surface area (Å²) >= 11 is 0. The van der Waals surface area contributed by atoms with Crippen LogP contribution in [0.1, 0.15) is 20.3 Å². The summed E-state index contributed by atoms with van der Waals surface area (Å²) in [5.41, 5.74) is 0. The molecule has 1 unspecified atom stereocenters. The molecule has 0 rings (SSSR count). The summed E-state index contributed by atoms with van der Waals surface area (Å²) in [5, 5.41) is 10.0. The largest absolute Gasteiger partial charge is 0.317 e. The Labute approximate surface area is 54.0 Å². The van der Waals surface area contributed by atoms with Crippen LogP contribution in [-0.2, 0) is 4.74 Å². The molecule has 4 heteroatoms. The highest BCUT2D eigenvalue weighted by Gasteiger charge is 2.15. The number of rotatable bonds is 4. The van der Waals surface area contributed by atoms with Gasteiger partial charge in [-0.3, -0.25) is 10.1 Å². The van der Waals surface area contributed by atoms with E-state index in [1.54, 1.807) is 13.8 Å². The zero-order chi connectivity index (χ0) is 7.28. The van der Waals surface area contributed by atoms with Gasteiger partial charge < -0.3 is 4.74 Å². The SMILES string of the molecule is CCOC(CC)[N+](=O)[O-]. The normalized spacial score (nSPS) is 13.1. The molecule has 0 N–H and O–H groups in total. The maximum Gasteiger partial charge on any atom is 0.315 e. The quantitative estimate of drug-likeness (QED) is 0.327. The number of ether oxygens (including phenoxy) is 1. The summed E-state index contributed by atoms with van der Waals surface area (Å²) in [5.74, 6) is 0. The molecule has 0 aliphatic heterocycles. The van der Waals surface area contributed by atoms with Crippen molar-refractivity contribution in [2.24, 2.45) is 0 Å². The van der Waals surface area contributed by atoms with Crippen molar-refractivity contribution in [1.29, 1.82) is 0 Å². The Morgan fingerprint density at radius 2 is 2.22 bits per heavy atom. The van der Waals surface area contributed by atoms with Crippen LogP contribution in [0.25, 0.3) is 0 Å². The Morgan fingerprint density at radius 3 is 2.33 bits per heavy atom. The van der Waals surface area contributed by atoms with Gasteiger partial charge in [-0.2, -0.15) is 0 Å². The van der Waals surface area contributed by atoms with Crippen molar-refractivity contribution in [3.63, 3.8) is 0 Å². The molecule has 4 nitrogen and oxygen atoms in total. The average Bonchev–Trinajstić information content (AvgIpc) is 1.82. The lowest BCUT2D eigenvalue weighted by molar-refractivity contribution is -0.576. The third-order valence-corrected chi connectivity index (χ3v) is 0.943. The molecule has 0 bridgehead atoms. The Balaban J connectivity index is 3.54. The molecule has 0 saturated carbocycles. The van der Waals surface area contributed by atoms with E-state index in [2.05, 4.69) is 0 Å². The van der Waals surface area contributed by atoms with Gasteiger partial charge in [-0.15, -0.1) is 0 Å². The molecule has 54 valence electrons. The lowest BCUT2D eigenvalue weighted by Crippen LogP contribution is -2.21. The van der Waals surface area contributed by atoms with Crippen molar-refractivity contribution in [2.75, 3.05) is 6.61 Å². The van der Waals surface area contributed by atoms with Crippen LogP contribution in [0.3, 0.4) is 0 Å². The summed E-state index contributed by atoms with van der Waals surface area (Å²) in [4.78, 5) is 9.59. The van der Waals surface area contributed by atoms with Gasteiger partial charge in [-0.05, 0) is 6.92 Å². The lowest BCUT2D eigenvalue weighted by Gasteiger charge is -2.04. The van der Waals surface area contributed by atoms with Crippen molar-refractivity contribution in [2.45, 2.75) is 26.5 Å². The summed E-state index contributed by atoms with van der Waals surface area (Å²) in [6.45, 7) is 3.87. The zero-order valence-corrected chi connectivity index (χ0v) is 5.66.